The first kappa shape index (κ1) is 14.9. The van der Waals surface area contributed by atoms with E-state index in [1.807, 2.05) is 0 Å². The van der Waals surface area contributed by atoms with Gasteiger partial charge in [0.05, 0.1) is 18.2 Å². The summed E-state index contributed by atoms with van der Waals surface area (Å²) in [6.45, 7) is -0.814. The summed E-state index contributed by atoms with van der Waals surface area (Å²) in [7, 11) is 1.03. The minimum atomic E-state index is -4.93. The molecular weight excluding hydrogens is 272 g/mol. The minimum Gasteiger partial charge on any atom is -0.466 e. The predicted octanol–water partition coefficient (Wildman–Crippen LogP) is 2.17. The lowest BCUT2D eigenvalue weighted by Gasteiger charge is -2.10. The first-order valence-electron chi connectivity index (χ1n) is 4.87. The molecule has 104 valence electrons. The second kappa shape index (κ2) is 5.68. The maximum absolute atomic E-state index is 13.5. The molecule has 0 aliphatic heterocycles. The quantitative estimate of drug-likeness (QED) is 0.629. The molecule has 19 heavy (non-hydrogen) atoms. The van der Waals surface area contributed by atoms with Crippen molar-refractivity contribution in [3.05, 3.63) is 35.1 Å². The van der Waals surface area contributed by atoms with Crippen molar-refractivity contribution in [3.63, 3.8) is 0 Å². The van der Waals surface area contributed by atoms with Gasteiger partial charge in [-0.15, -0.1) is 0 Å². The molecule has 0 aromatic heterocycles. The van der Waals surface area contributed by atoms with E-state index in [1.165, 1.54) is 0 Å². The Balaban J connectivity index is 2.96. The molecule has 1 aromatic carbocycles. The average Bonchev–Trinajstić information content (AvgIpc) is 2.34. The molecule has 4 nitrogen and oxygen atoms in total. The monoisotopic (exact) mass is 280 g/mol. The van der Waals surface area contributed by atoms with Gasteiger partial charge in [-0.1, -0.05) is 6.07 Å². The summed E-state index contributed by atoms with van der Waals surface area (Å²) in [6, 6.07) is 2.18. The molecule has 0 saturated heterocycles. The molecule has 0 amide bonds. The van der Waals surface area contributed by atoms with Gasteiger partial charge in [0.2, 0.25) is 0 Å². The highest BCUT2D eigenvalue weighted by atomic mass is 19.4. The zero-order valence-corrected chi connectivity index (χ0v) is 9.58. The van der Waals surface area contributed by atoms with Gasteiger partial charge in [0.15, 0.2) is 6.61 Å². The van der Waals surface area contributed by atoms with Crippen LogP contribution in [-0.2, 0) is 20.4 Å². The standard InChI is InChI=1S/C11H8F4O4/c1-18-8(16)5-19-10(17)6-3-2-4-7(9(6)12)11(13,14)15/h2-4H,5H2,1H3. The summed E-state index contributed by atoms with van der Waals surface area (Å²) < 4.78 is 59.1. The maximum atomic E-state index is 13.5. The number of benzene rings is 1. The summed E-state index contributed by atoms with van der Waals surface area (Å²) in [4.78, 5) is 22.0. The highest BCUT2D eigenvalue weighted by Crippen LogP contribution is 2.32. The average molecular weight is 280 g/mol. The lowest BCUT2D eigenvalue weighted by molar-refractivity contribution is -0.144. The Labute approximate surface area is 104 Å². The Hall–Kier alpha value is -2.12. The van der Waals surface area contributed by atoms with Crippen molar-refractivity contribution in [2.24, 2.45) is 0 Å². The third kappa shape index (κ3) is 3.67. The first-order valence-corrected chi connectivity index (χ1v) is 4.87. The fourth-order valence-electron chi connectivity index (χ4n) is 1.17. The van der Waals surface area contributed by atoms with Crippen LogP contribution in [0.25, 0.3) is 0 Å². The number of methoxy groups -OCH3 is 1. The zero-order valence-electron chi connectivity index (χ0n) is 9.58. The fraction of sp³-hybridized carbons (Fsp3) is 0.273. The summed E-state index contributed by atoms with van der Waals surface area (Å²) in [5.41, 5.74) is -2.49. The topological polar surface area (TPSA) is 52.6 Å². The van der Waals surface area contributed by atoms with Crippen molar-refractivity contribution in [1.29, 1.82) is 0 Å². The second-order valence-electron chi connectivity index (χ2n) is 3.32. The van der Waals surface area contributed by atoms with Crippen molar-refractivity contribution < 1.29 is 36.6 Å². The van der Waals surface area contributed by atoms with Gasteiger partial charge in [0, 0.05) is 0 Å². The number of carbonyl (C=O) groups is 2. The van der Waals surface area contributed by atoms with Gasteiger partial charge in [0.1, 0.15) is 5.82 Å². The Morgan fingerprint density at radius 1 is 1.26 bits per heavy atom. The van der Waals surface area contributed by atoms with Crippen LogP contribution in [-0.4, -0.2) is 25.7 Å². The number of hydrogen-bond donors (Lipinski definition) is 0. The molecule has 1 aromatic rings. The molecule has 0 aliphatic carbocycles. The number of esters is 2. The van der Waals surface area contributed by atoms with Crippen LogP contribution in [0, 0.1) is 5.82 Å². The highest BCUT2D eigenvalue weighted by Gasteiger charge is 2.36. The van der Waals surface area contributed by atoms with Crippen molar-refractivity contribution in [3.8, 4) is 0 Å². The number of halogens is 4. The Morgan fingerprint density at radius 3 is 2.42 bits per heavy atom. The van der Waals surface area contributed by atoms with E-state index in [9.17, 15) is 27.2 Å². The lowest BCUT2D eigenvalue weighted by Crippen LogP contribution is -2.18. The van der Waals surface area contributed by atoms with Crippen LogP contribution < -0.4 is 0 Å². The van der Waals surface area contributed by atoms with Crippen molar-refractivity contribution in [2.75, 3.05) is 13.7 Å². The second-order valence-corrected chi connectivity index (χ2v) is 3.32. The first-order chi connectivity index (χ1) is 8.77. The normalized spacial score (nSPS) is 11.0. The van der Waals surface area contributed by atoms with E-state index >= 15 is 0 Å². The number of alkyl halides is 3. The Kier molecular flexibility index (Phi) is 4.47. The van der Waals surface area contributed by atoms with Crippen LogP contribution in [0.3, 0.4) is 0 Å². The van der Waals surface area contributed by atoms with Gasteiger partial charge in [-0.2, -0.15) is 13.2 Å². The van der Waals surface area contributed by atoms with Gasteiger partial charge in [-0.05, 0) is 12.1 Å². The third-order valence-corrected chi connectivity index (χ3v) is 2.07. The minimum absolute atomic E-state index is 0.492. The van der Waals surface area contributed by atoms with Crippen LogP contribution >= 0.6 is 0 Å². The molecule has 0 heterocycles. The molecule has 8 heteroatoms. The van der Waals surface area contributed by atoms with Gasteiger partial charge in [-0.25, -0.2) is 14.0 Å². The molecule has 0 radical (unpaired) electrons. The number of rotatable bonds is 3. The van der Waals surface area contributed by atoms with Gasteiger partial charge in [0.25, 0.3) is 0 Å². The predicted molar refractivity (Wildman–Crippen MR) is 53.7 cm³/mol. The fourth-order valence-corrected chi connectivity index (χ4v) is 1.17. The molecule has 0 saturated carbocycles. The van der Waals surface area contributed by atoms with E-state index < -0.39 is 41.7 Å². The summed E-state index contributed by atoms with van der Waals surface area (Å²) >= 11 is 0. The highest BCUT2D eigenvalue weighted by molar-refractivity contribution is 5.91. The van der Waals surface area contributed by atoms with E-state index in [1.54, 1.807) is 0 Å². The van der Waals surface area contributed by atoms with Crippen molar-refractivity contribution in [2.45, 2.75) is 6.18 Å². The van der Waals surface area contributed by atoms with Crippen LogP contribution in [0.1, 0.15) is 15.9 Å². The molecule has 0 fully saturated rings. The molecule has 0 bridgehead atoms. The van der Waals surface area contributed by atoms with Crippen LogP contribution in [0.2, 0.25) is 0 Å². The third-order valence-electron chi connectivity index (χ3n) is 2.07. The van der Waals surface area contributed by atoms with Gasteiger partial charge >= 0.3 is 18.1 Å². The lowest BCUT2D eigenvalue weighted by atomic mass is 10.1. The maximum Gasteiger partial charge on any atom is 0.419 e. The summed E-state index contributed by atoms with van der Waals surface area (Å²) in [5.74, 6) is -4.04. The molecule has 0 atom stereocenters. The molecule has 0 unspecified atom stereocenters. The van der Waals surface area contributed by atoms with E-state index in [4.69, 9.17) is 0 Å². The van der Waals surface area contributed by atoms with Crippen LogP contribution in [0.5, 0.6) is 0 Å². The summed E-state index contributed by atoms with van der Waals surface area (Å²) in [5, 5.41) is 0. The van der Waals surface area contributed by atoms with E-state index in [-0.39, 0.29) is 0 Å². The van der Waals surface area contributed by atoms with Gasteiger partial charge < -0.3 is 9.47 Å². The van der Waals surface area contributed by atoms with E-state index in [0.717, 1.165) is 19.2 Å². The van der Waals surface area contributed by atoms with E-state index in [0.29, 0.717) is 6.07 Å². The number of hydrogen-bond acceptors (Lipinski definition) is 4. The smallest absolute Gasteiger partial charge is 0.419 e. The van der Waals surface area contributed by atoms with E-state index in [2.05, 4.69) is 9.47 Å². The Bertz CT molecular complexity index is 496. The molecule has 0 spiro atoms. The zero-order chi connectivity index (χ0) is 14.6. The van der Waals surface area contributed by atoms with Crippen molar-refractivity contribution in [1.82, 2.24) is 0 Å². The van der Waals surface area contributed by atoms with Crippen molar-refractivity contribution >= 4 is 11.9 Å². The number of carbonyl (C=O) groups excluding carboxylic acids is 2. The van der Waals surface area contributed by atoms with Gasteiger partial charge in [-0.3, -0.25) is 0 Å². The van der Waals surface area contributed by atoms with Crippen LogP contribution in [0.4, 0.5) is 17.6 Å². The Morgan fingerprint density at radius 2 is 1.89 bits per heavy atom. The molecule has 0 N–H and O–H groups in total. The van der Waals surface area contributed by atoms with Crippen LogP contribution in [0.15, 0.2) is 18.2 Å². The SMILES string of the molecule is COC(=O)COC(=O)c1cccc(C(F)(F)F)c1F. The largest absolute Gasteiger partial charge is 0.466 e. The summed E-state index contributed by atoms with van der Waals surface area (Å²) in [6.07, 6.45) is -4.93. The molecule has 1 rings (SSSR count). The molecular formula is C11H8F4O4. The molecule has 0 aliphatic rings. The number of ether oxygens (including phenoxy) is 2.